The van der Waals surface area contributed by atoms with E-state index in [0.29, 0.717) is 0 Å². The molecule has 1 aromatic carbocycles. The molecule has 0 spiro atoms. The van der Waals surface area contributed by atoms with Crippen LogP contribution in [0.25, 0.3) is 0 Å². The minimum Gasteiger partial charge on any atom is -0.494 e. The fraction of sp³-hybridized carbons (Fsp3) is 0.538. The van der Waals surface area contributed by atoms with Crippen molar-refractivity contribution in [3.05, 3.63) is 30.3 Å². The maximum Gasteiger partial charge on any atom is 0.119 e. The average Bonchev–Trinajstić information content (AvgIpc) is 2.29. The first-order chi connectivity index (χ1) is 7.43. The second kappa shape index (κ2) is 8.30. The molecule has 1 rings (SSSR count). The normalized spacial score (nSPS) is 10.2. The molecule has 0 aliphatic heterocycles. The molecule has 0 atom stereocenters. The molecule has 2 heteroatoms. The van der Waals surface area contributed by atoms with Crippen molar-refractivity contribution >= 4 is 0 Å². The number of unbranched alkanes of at least 4 members (excludes halogenated alkanes) is 1. The molecular formula is C13H20O2. The Kier molecular flexibility index (Phi) is 6.67. The Morgan fingerprint density at radius 2 is 1.67 bits per heavy atom. The molecule has 0 saturated carbocycles. The van der Waals surface area contributed by atoms with E-state index in [1.807, 2.05) is 30.3 Å². The van der Waals surface area contributed by atoms with E-state index in [4.69, 9.17) is 9.47 Å². The summed E-state index contributed by atoms with van der Waals surface area (Å²) in [6.45, 7) is 4.63. The standard InChI is InChI=1S/C13H20O2/c1-2-10-14-11-6-7-12-15-13-8-4-3-5-9-13/h3-5,8-9H,2,6-7,10-12H2,1H3. The highest BCUT2D eigenvalue weighted by Gasteiger charge is 1.92. The Morgan fingerprint density at radius 3 is 2.40 bits per heavy atom. The number of hydrogen-bond donors (Lipinski definition) is 0. The number of para-hydroxylation sites is 1. The molecule has 0 unspecified atom stereocenters. The quantitative estimate of drug-likeness (QED) is 0.610. The van der Waals surface area contributed by atoms with E-state index in [2.05, 4.69) is 6.92 Å². The highest BCUT2D eigenvalue weighted by molar-refractivity contribution is 5.20. The van der Waals surface area contributed by atoms with Crippen LogP contribution in [0.1, 0.15) is 26.2 Å². The van der Waals surface area contributed by atoms with Crippen LogP contribution in [0, 0.1) is 0 Å². The molecule has 0 saturated heterocycles. The fourth-order valence-electron chi connectivity index (χ4n) is 1.26. The number of hydrogen-bond acceptors (Lipinski definition) is 2. The third-order valence-electron chi connectivity index (χ3n) is 2.04. The molecule has 1 aromatic rings. The molecule has 0 aliphatic rings. The van der Waals surface area contributed by atoms with E-state index >= 15 is 0 Å². The molecule has 84 valence electrons. The summed E-state index contributed by atoms with van der Waals surface area (Å²) >= 11 is 0. The number of rotatable bonds is 8. The lowest BCUT2D eigenvalue weighted by Crippen LogP contribution is -2.01. The Balaban J connectivity index is 1.93. The molecule has 2 nitrogen and oxygen atoms in total. The predicted molar refractivity (Wildman–Crippen MR) is 62.3 cm³/mol. The van der Waals surface area contributed by atoms with Gasteiger partial charge in [-0.1, -0.05) is 25.1 Å². The summed E-state index contributed by atoms with van der Waals surface area (Å²) in [4.78, 5) is 0. The van der Waals surface area contributed by atoms with Crippen molar-refractivity contribution in [1.82, 2.24) is 0 Å². The molecular weight excluding hydrogens is 188 g/mol. The zero-order chi connectivity index (χ0) is 10.8. The van der Waals surface area contributed by atoms with Crippen molar-refractivity contribution in [2.45, 2.75) is 26.2 Å². The van der Waals surface area contributed by atoms with Gasteiger partial charge in [-0.25, -0.2) is 0 Å². The van der Waals surface area contributed by atoms with Gasteiger partial charge in [0.2, 0.25) is 0 Å². The Hall–Kier alpha value is -1.02. The zero-order valence-corrected chi connectivity index (χ0v) is 9.45. The van der Waals surface area contributed by atoms with Gasteiger partial charge in [0.05, 0.1) is 6.61 Å². The van der Waals surface area contributed by atoms with Crippen molar-refractivity contribution in [2.75, 3.05) is 19.8 Å². The van der Waals surface area contributed by atoms with Gasteiger partial charge in [0.1, 0.15) is 5.75 Å². The van der Waals surface area contributed by atoms with Crippen LogP contribution in [-0.2, 0) is 4.74 Å². The van der Waals surface area contributed by atoms with Gasteiger partial charge in [0.25, 0.3) is 0 Å². The summed E-state index contributed by atoms with van der Waals surface area (Å²) < 4.78 is 10.9. The summed E-state index contributed by atoms with van der Waals surface area (Å²) in [5.41, 5.74) is 0. The molecule has 15 heavy (non-hydrogen) atoms. The van der Waals surface area contributed by atoms with Gasteiger partial charge in [-0.05, 0) is 31.4 Å². The molecule has 0 fully saturated rings. The topological polar surface area (TPSA) is 18.5 Å². The van der Waals surface area contributed by atoms with Gasteiger partial charge in [0.15, 0.2) is 0 Å². The van der Waals surface area contributed by atoms with Gasteiger partial charge < -0.3 is 9.47 Å². The zero-order valence-electron chi connectivity index (χ0n) is 9.45. The van der Waals surface area contributed by atoms with E-state index in [0.717, 1.165) is 44.8 Å². The van der Waals surface area contributed by atoms with Crippen LogP contribution in [0.4, 0.5) is 0 Å². The van der Waals surface area contributed by atoms with Gasteiger partial charge in [-0.3, -0.25) is 0 Å². The Bertz CT molecular complexity index is 234. The van der Waals surface area contributed by atoms with Crippen molar-refractivity contribution in [3.63, 3.8) is 0 Å². The summed E-state index contributed by atoms with van der Waals surface area (Å²) in [5.74, 6) is 0.951. The smallest absolute Gasteiger partial charge is 0.119 e. The van der Waals surface area contributed by atoms with Crippen LogP contribution in [0.2, 0.25) is 0 Å². The maximum atomic E-state index is 5.56. The van der Waals surface area contributed by atoms with Crippen LogP contribution in [0.15, 0.2) is 30.3 Å². The van der Waals surface area contributed by atoms with Crippen molar-refractivity contribution in [3.8, 4) is 5.75 Å². The van der Waals surface area contributed by atoms with Crippen LogP contribution >= 0.6 is 0 Å². The molecule has 0 aromatic heterocycles. The SMILES string of the molecule is CCCOCCCCOc1ccccc1. The molecule has 0 heterocycles. The van der Waals surface area contributed by atoms with E-state index < -0.39 is 0 Å². The van der Waals surface area contributed by atoms with E-state index in [9.17, 15) is 0 Å². The van der Waals surface area contributed by atoms with Gasteiger partial charge in [-0.15, -0.1) is 0 Å². The predicted octanol–water partition coefficient (Wildman–Crippen LogP) is 3.27. The lowest BCUT2D eigenvalue weighted by atomic mass is 10.3. The fourth-order valence-corrected chi connectivity index (χ4v) is 1.26. The summed E-state index contributed by atoms with van der Waals surface area (Å²) in [6.07, 6.45) is 3.23. The molecule has 0 amide bonds. The average molecular weight is 208 g/mol. The Labute approximate surface area is 92.2 Å². The summed E-state index contributed by atoms with van der Waals surface area (Å²) in [6, 6.07) is 9.92. The minimum absolute atomic E-state index is 0.777. The first-order valence-corrected chi connectivity index (χ1v) is 5.69. The van der Waals surface area contributed by atoms with E-state index in [-0.39, 0.29) is 0 Å². The third-order valence-corrected chi connectivity index (χ3v) is 2.04. The molecule has 0 radical (unpaired) electrons. The van der Waals surface area contributed by atoms with Gasteiger partial charge >= 0.3 is 0 Å². The minimum atomic E-state index is 0.777. The molecule has 0 N–H and O–H groups in total. The van der Waals surface area contributed by atoms with Gasteiger partial charge in [0, 0.05) is 13.2 Å². The lowest BCUT2D eigenvalue weighted by Gasteiger charge is -2.05. The summed E-state index contributed by atoms with van der Waals surface area (Å²) in [5, 5.41) is 0. The van der Waals surface area contributed by atoms with Crippen molar-refractivity contribution in [2.24, 2.45) is 0 Å². The third kappa shape index (κ3) is 6.13. The molecule has 0 bridgehead atoms. The van der Waals surface area contributed by atoms with E-state index in [1.54, 1.807) is 0 Å². The highest BCUT2D eigenvalue weighted by Crippen LogP contribution is 2.08. The van der Waals surface area contributed by atoms with Crippen LogP contribution < -0.4 is 4.74 Å². The largest absolute Gasteiger partial charge is 0.494 e. The maximum absolute atomic E-state index is 5.56. The number of benzene rings is 1. The molecule has 0 aliphatic carbocycles. The summed E-state index contributed by atoms with van der Waals surface area (Å²) in [7, 11) is 0. The first-order valence-electron chi connectivity index (χ1n) is 5.69. The van der Waals surface area contributed by atoms with Crippen molar-refractivity contribution < 1.29 is 9.47 Å². The monoisotopic (exact) mass is 208 g/mol. The highest BCUT2D eigenvalue weighted by atomic mass is 16.5. The Morgan fingerprint density at radius 1 is 0.933 bits per heavy atom. The van der Waals surface area contributed by atoms with Crippen LogP contribution in [-0.4, -0.2) is 19.8 Å². The van der Waals surface area contributed by atoms with Crippen molar-refractivity contribution in [1.29, 1.82) is 0 Å². The van der Waals surface area contributed by atoms with Crippen LogP contribution in [0.5, 0.6) is 5.75 Å². The van der Waals surface area contributed by atoms with Crippen LogP contribution in [0.3, 0.4) is 0 Å². The lowest BCUT2D eigenvalue weighted by molar-refractivity contribution is 0.127. The van der Waals surface area contributed by atoms with Gasteiger partial charge in [-0.2, -0.15) is 0 Å². The first kappa shape index (κ1) is 12.1. The number of ether oxygens (including phenoxy) is 2. The second-order valence-corrected chi connectivity index (χ2v) is 3.48. The van der Waals surface area contributed by atoms with E-state index in [1.165, 1.54) is 0 Å². The second-order valence-electron chi connectivity index (χ2n) is 3.48.